The van der Waals surface area contributed by atoms with Crippen molar-refractivity contribution in [3.05, 3.63) is 6.92 Å². The van der Waals surface area contributed by atoms with Crippen LogP contribution in [0.15, 0.2) is 0 Å². The highest BCUT2D eigenvalue weighted by Crippen LogP contribution is 2.11. The molecule has 1 rings (SSSR count). The quantitative estimate of drug-likeness (QED) is 0.535. The van der Waals surface area contributed by atoms with E-state index in [9.17, 15) is 9.59 Å². The normalized spacial score (nSPS) is 19.9. The van der Waals surface area contributed by atoms with Crippen LogP contribution < -0.4 is 0 Å². The van der Waals surface area contributed by atoms with Crippen molar-refractivity contribution < 1.29 is 9.59 Å². The van der Waals surface area contributed by atoms with Crippen LogP contribution in [0.25, 0.3) is 0 Å². The number of carbonyl (C=O) groups is 2. The van der Waals surface area contributed by atoms with Crippen LogP contribution in [0.5, 0.6) is 0 Å². The lowest BCUT2D eigenvalue weighted by Gasteiger charge is -2.23. The third-order valence-electron chi connectivity index (χ3n) is 1.30. The van der Waals surface area contributed by atoms with Gasteiger partial charge in [0.2, 0.25) is 11.0 Å². The Balaban J connectivity index is 2.53. The highest BCUT2D eigenvalue weighted by atomic mass is 32.2. The molecule has 1 aliphatic heterocycles. The van der Waals surface area contributed by atoms with E-state index in [1.54, 1.807) is 0 Å². The second-order valence-corrected chi connectivity index (χ2v) is 3.01. The molecule has 10 heavy (non-hydrogen) atoms. The zero-order valence-electron chi connectivity index (χ0n) is 5.50. The second kappa shape index (κ2) is 3.05. The molecular weight excluding hydrogens is 150 g/mol. The van der Waals surface area contributed by atoms with E-state index >= 15 is 0 Å². The number of nitrogens with zero attached hydrogens (tertiary/aromatic N) is 1. The van der Waals surface area contributed by atoms with E-state index in [1.807, 2.05) is 0 Å². The Kier molecular flexibility index (Phi) is 2.32. The third-order valence-corrected chi connectivity index (χ3v) is 2.14. The molecule has 3 nitrogen and oxygen atoms in total. The van der Waals surface area contributed by atoms with Crippen molar-refractivity contribution >= 4 is 22.8 Å². The van der Waals surface area contributed by atoms with E-state index in [-0.39, 0.29) is 23.3 Å². The Bertz CT molecular complexity index is 169. The first kappa shape index (κ1) is 7.60. The molecule has 0 N–H and O–H groups in total. The summed E-state index contributed by atoms with van der Waals surface area (Å²) in [4.78, 5) is 23.1. The molecule has 0 atom stereocenters. The summed E-state index contributed by atoms with van der Waals surface area (Å²) in [5, 5.41) is 0.0586. The smallest absolute Gasteiger partial charge is 0.233 e. The average molecular weight is 158 g/mol. The van der Waals surface area contributed by atoms with Gasteiger partial charge in [0, 0.05) is 6.54 Å². The monoisotopic (exact) mass is 158 g/mol. The van der Waals surface area contributed by atoms with Gasteiger partial charge < -0.3 is 4.90 Å². The van der Waals surface area contributed by atoms with E-state index in [4.69, 9.17) is 0 Å². The Labute approximate surface area is 63.8 Å². The minimum Gasteiger partial charge on any atom is -0.334 e. The van der Waals surface area contributed by atoms with Gasteiger partial charge in [0.1, 0.15) is 0 Å². The van der Waals surface area contributed by atoms with Gasteiger partial charge in [-0.1, -0.05) is 11.8 Å². The first-order valence-corrected chi connectivity index (χ1v) is 3.95. The van der Waals surface area contributed by atoms with Crippen LogP contribution in [0.2, 0.25) is 0 Å². The van der Waals surface area contributed by atoms with Gasteiger partial charge >= 0.3 is 0 Å². The first-order valence-electron chi connectivity index (χ1n) is 2.96. The van der Waals surface area contributed by atoms with E-state index in [0.717, 1.165) is 11.8 Å². The maximum atomic E-state index is 10.9. The van der Waals surface area contributed by atoms with Gasteiger partial charge in [0.05, 0.1) is 12.3 Å². The zero-order chi connectivity index (χ0) is 7.56. The maximum Gasteiger partial charge on any atom is 0.233 e. The molecule has 0 aromatic carbocycles. The van der Waals surface area contributed by atoms with Gasteiger partial charge in [0.15, 0.2) is 0 Å². The lowest BCUT2D eigenvalue weighted by molar-refractivity contribution is -0.131. The second-order valence-electron chi connectivity index (χ2n) is 1.98. The van der Waals surface area contributed by atoms with Crippen LogP contribution >= 0.6 is 11.8 Å². The van der Waals surface area contributed by atoms with Crippen LogP contribution in [0.4, 0.5) is 0 Å². The SMILES string of the molecule is [CH2]CN1CC(=O)SCC1=O. The molecule has 0 saturated carbocycles. The fourth-order valence-electron chi connectivity index (χ4n) is 0.727. The minimum atomic E-state index is 0.0135. The average Bonchev–Trinajstić information content (AvgIpc) is 1.94. The molecule has 0 aliphatic carbocycles. The Morgan fingerprint density at radius 2 is 2.30 bits per heavy atom. The summed E-state index contributed by atoms with van der Waals surface area (Å²) in [6.07, 6.45) is 0. The molecule has 55 valence electrons. The first-order chi connectivity index (χ1) is 4.74. The summed E-state index contributed by atoms with van der Waals surface area (Å²) in [6.45, 7) is 4.16. The van der Waals surface area contributed by atoms with Crippen LogP contribution in [0, 0.1) is 6.92 Å². The zero-order valence-corrected chi connectivity index (χ0v) is 6.32. The molecule has 1 heterocycles. The van der Waals surface area contributed by atoms with Gasteiger partial charge in [-0.05, 0) is 6.92 Å². The van der Waals surface area contributed by atoms with Gasteiger partial charge in [0.25, 0.3) is 0 Å². The molecule has 0 aromatic heterocycles. The topological polar surface area (TPSA) is 37.4 Å². The number of thioether (sulfide) groups is 1. The molecule has 0 unspecified atom stereocenters. The van der Waals surface area contributed by atoms with Crippen molar-refractivity contribution in [2.75, 3.05) is 18.8 Å². The van der Waals surface area contributed by atoms with E-state index in [2.05, 4.69) is 6.92 Å². The Morgan fingerprint density at radius 1 is 1.60 bits per heavy atom. The van der Waals surface area contributed by atoms with Crippen molar-refractivity contribution in [1.82, 2.24) is 4.90 Å². The molecule has 1 aliphatic rings. The fourth-order valence-corrected chi connectivity index (χ4v) is 1.44. The minimum absolute atomic E-state index is 0.0135. The van der Waals surface area contributed by atoms with Crippen molar-refractivity contribution in [1.29, 1.82) is 0 Å². The molecule has 4 heteroatoms. The lowest BCUT2D eigenvalue weighted by atomic mass is 10.5. The number of carbonyl (C=O) groups excluding carboxylic acids is 2. The standard InChI is InChI=1S/C6H8NO2S/c1-2-7-3-6(9)10-4-5(7)8/h1-4H2. The maximum absolute atomic E-state index is 10.9. The number of hydrogen-bond donors (Lipinski definition) is 0. The van der Waals surface area contributed by atoms with Crippen molar-refractivity contribution in [3.8, 4) is 0 Å². The van der Waals surface area contributed by atoms with Gasteiger partial charge in [-0.15, -0.1) is 0 Å². The molecular formula is C6H8NO2S. The summed E-state index contributed by atoms with van der Waals surface area (Å²) in [5.41, 5.74) is 0. The molecule has 0 spiro atoms. The molecule has 0 bridgehead atoms. The third kappa shape index (κ3) is 1.50. The summed E-state index contributed by atoms with van der Waals surface area (Å²) in [7, 11) is 0. The number of hydrogen-bond acceptors (Lipinski definition) is 3. The summed E-state index contributed by atoms with van der Waals surface area (Å²) < 4.78 is 0. The molecule has 0 aromatic rings. The van der Waals surface area contributed by atoms with E-state index < -0.39 is 0 Å². The highest BCUT2D eigenvalue weighted by Gasteiger charge is 2.22. The molecule has 1 radical (unpaired) electrons. The lowest BCUT2D eigenvalue weighted by Crippen LogP contribution is -2.40. The molecule has 1 fully saturated rings. The van der Waals surface area contributed by atoms with Gasteiger partial charge in [-0.2, -0.15) is 0 Å². The predicted molar refractivity (Wildman–Crippen MR) is 39.4 cm³/mol. The van der Waals surface area contributed by atoms with Crippen molar-refractivity contribution in [2.45, 2.75) is 0 Å². The molecule has 1 amide bonds. The van der Waals surface area contributed by atoms with E-state index in [0.29, 0.717) is 6.54 Å². The fraction of sp³-hybridized carbons (Fsp3) is 0.500. The number of rotatable bonds is 1. The summed E-state index contributed by atoms with van der Waals surface area (Å²) in [5.74, 6) is 0.300. The van der Waals surface area contributed by atoms with Crippen LogP contribution in [0.3, 0.4) is 0 Å². The predicted octanol–water partition coefficient (Wildman–Crippen LogP) is -0.0775. The van der Waals surface area contributed by atoms with Crippen molar-refractivity contribution in [3.63, 3.8) is 0 Å². The highest BCUT2D eigenvalue weighted by molar-refractivity contribution is 8.14. The number of amides is 1. The van der Waals surface area contributed by atoms with Gasteiger partial charge in [-0.25, -0.2) is 0 Å². The van der Waals surface area contributed by atoms with Crippen LogP contribution in [-0.4, -0.2) is 34.8 Å². The Morgan fingerprint density at radius 3 is 2.80 bits per heavy atom. The van der Waals surface area contributed by atoms with Crippen molar-refractivity contribution in [2.24, 2.45) is 0 Å². The molecule has 1 saturated heterocycles. The van der Waals surface area contributed by atoms with Crippen LogP contribution in [0.1, 0.15) is 0 Å². The van der Waals surface area contributed by atoms with Crippen LogP contribution in [-0.2, 0) is 9.59 Å². The van der Waals surface area contributed by atoms with Gasteiger partial charge in [-0.3, -0.25) is 9.59 Å². The summed E-state index contributed by atoms with van der Waals surface area (Å²) >= 11 is 1.09. The largest absolute Gasteiger partial charge is 0.334 e. The van der Waals surface area contributed by atoms with E-state index in [1.165, 1.54) is 4.90 Å². The Hall–Kier alpha value is -0.510. The summed E-state index contributed by atoms with van der Waals surface area (Å²) in [6, 6.07) is 0.